The second kappa shape index (κ2) is 9.52. The lowest BCUT2D eigenvalue weighted by Gasteiger charge is -2.23. The van der Waals surface area contributed by atoms with Crippen LogP contribution >= 0.6 is 0 Å². The van der Waals surface area contributed by atoms with Crippen LogP contribution in [-0.4, -0.2) is 38.0 Å². The summed E-state index contributed by atoms with van der Waals surface area (Å²) in [6.07, 6.45) is 0.185. The number of rotatable bonds is 7. The molecule has 0 aliphatic carbocycles. The molecule has 0 bridgehead atoms. The van der Waals surface area contributed by atoms with Crippen molar-refractivity contribution >= 4 is 29.2 Å². The Bertz CT molecular complexity index is 788. The molecule has 0 unspecified atom stereocenters. The monoisotopic (exact) mass is 368 g/mol. The molecule has 0 radical (unpaired) electrons. The number of benzene rings is 2. The molecule has 0 heterocycles. The van der Waals surface area contributed by atoms with E-state index in [9.17, 15) is 14.4 Å². The summed E-state index contributed by atoms with van der Waals surface area (Å²) in [7, 11) is 1.71. The fourth-order valence-corrected chi connectivity index (χ4v) is 2.63. The fraction of sp³-hybridized carbons (Fsp3) is 0.286. The Kier molecular flexibility index (Phi) is 7.11. The van der Waals surface area contributed by atoms with Crippen molar-refractivity contribution in [2.24, 2.45) is 0 Å². The quantitative estimate of drug-likeness (QED) is 0.704. The van der Waals surface area contributed by atoms with E-state index >= 15 is 0 Å². The van der Waals surface area contributed by atoms with Crippen LogP contribution in [0.4, 0.5) is 11.4 Å². The van der Waals surface area contributed by atoms with Crippen molar-refractivity contribution in [3.05, 3.63) is 60.2 Å². The first-order valence-electron chi connectivity index (χ1n) is 8.81. The summed E-state index contributed by atoms with van der Waals surface area (Å²) in [5, 5.41) is 0. The maximum absolute atomic E-state index is 12.4. The van der Waals surface area contributed by atoms with Crippen LogP contribution in [0.3, 0.4) is 0 Å². The summed E-state index contributed by atoms with van der Waals surface area (Å²) < 4.78 is 4.95. The van der Waals surface area contributed by atoms with Gasteiger partial charge in [0, 0.05) is 38.3 Å². The van der Waals surface area contributed by atoms with E-state index in [4.69, 9.17) is 4.74 Å². The van der Waals surface area contributed by atoms with Crippen LogP contribution in [0.25, 0.3) is 0 Å². The van der Waals surface area contributed by atoms with E-state index in [1.807, 2.05) is 30.3 Å². The van der Waals surface area contributed by atoms with Crippen molar-refractivity contribution < 1.29 is 19.1 Å². The predicted molar refractivity (Wildman–Crippen MR) is 105 cm³/mol. The molecular weight excluding hydrogens is 344 g/mol. The number of amides is 2. The Labute approximate surface area is 159 Å². The minimum atomic E-state index is -0.405. The summed E-state index contributed by atoms with van der Waals surface area (Å²) in [6.45, 7) is 3.75. The second-order valence-electron chi connectivity index (χ2n) is 5.98. The van der Waals surface area contributed by atoms with Gasteiger partial charge in [0.05, 0.1) is 12.2 Å². The molecule has 2 rings (SSSR count). The van der Waals surface area contributed by atoms with Gasteiger partial charge in [0.25, 0.3) is 0 Å². The van der Waals surface area contributed by atoms with Crippen molar-refractivity contribution in [1.29, 1.82) is 0 Å². The molecule has 6 heteroatoms. The molecule has 0 aliphatic heterocycles. The van der Waals surface area contributed by atoms with Crippen molar-refractivity contribution in [1.82, 2.24) is 0 Å². The first kappa shape index (κ1) is 20.2. The van der Waals surface area contributed by atoms with Gasteiger partial charge in [-0.1, -0.05) is 18.2 Å². The van der Waals surface area contributed by atoms with E-state index in [1.54, 1.807) is 43.1 Å². The Morgan fingerprint density at radius 3 is 2.11 bits per heavy atom. The second-order valence-corrected chi connectivity index (χ2v) is 5.98. The van der Waals surface area contributed by atoms with Crippen molar-refractivity contribution in [2.75, 3.05) is 30.0 Å². The number of carbonyl (C=O) groups excluding carboxylic acids is 3. The molecule has 27 heavy (non-hydrogen) atoms. The van der Waals surface area contributed by atoms with Gasteiger partial charge in [-0.2, -0.15) is 0 Å². The molecule has 0 N–H and O–H groups in total. The molecular formula is C21H24N2O4. The Morgan fingerprint density at radius 2 is 1.56 bits per heavy atom. The summed E-state index contributed by atoms with van der Waals surface area (Å²) in [5.74, 6) is -0.664. The van der Waals surface area contributed by atoms with Gasteiger partial charge < -0.3 is 14.5 Å². The van der Waals surface area contributed by atoms with Gasteiger partial charge in [-0.15, -0.1) is 0 Å². The van der Waals surface area contributed by atoms with Gasteiger partial charge in [-0.3, -0.25) is 9.59 Å². The van der Waals surface area contributed by atoms with Crippen LogP contribution in [-0.2, 0) is 14.3 Å². The smallest absolute Gasteiger partial charge is 0.338 e. The number of anilines is 2. The van der Waals surface area contributed by atoms with Gasteiger partial charge >= 0.3 is 5.97 Å². The van der Waals surface area contributed by atoms with Crippen LogP contribution < -0.4 is 9.80 Å². The number of carbonyl (C=O) groups is 3. The largest absolute Gasteiger partial charge is 0.462 e. The van der Waals surface area contributed by atoms with E-state index in [-0.39, 0.29) is 24.8 Å². The number of hydrogen-bond acceptors (Lipinski definition) is 4. The van der Waals surface area contributed by atoms with Gasteiger partial charge in [-0.05, 0) is 43.3 Å². The van der Waals surface area contributed by atoms with E-state index < -0.39 is 5.97 Å². The number of hydrogen-bond donors (Lipinski definition) is 0. The molecule has 0 fully saturated rings. The first-order chi connectivity index (χ1) is 12.9. The van der Waals surface area contributed by atoms with Gasteiger partial charge in [0.1, 0.15) is 0 Å². The van der Waals surface area contributed by atoms with E-state index in [1.165, 1.54) is 11.8 Å². The molecule has 0 spiro atoms. The zero-order chi connectivity index (χ0) is 19.8. The molecule has 6 nitrogen and oxygen atoms in total. The SMILES string of the molecule is CCOC(=O)c1ccc(N(CCC(=O)N(C)c2ccccc2)C(C)=O)cc1. The third kappa shape index (κ3) is 5.41. The van der Waals surface area contributed by atoms with Gasteiger partial charge in [0.15, 0.2) is 0 Å². The molecule has 0 saturated heterocycles. The number of nitrogens with zero attached hydrogens (tertiary/aromatic N) is 2. The lowest BCUT2D eigenvalue weighted by Crippen LogP contribution is -2.34. The molecule has 2 amide bonds. The van der Waals surface area contributed by atoms with E-state index in [0.717, 1.165) is 5.69 Å². The normalized spacial score (nSPS) is 10.2. The van der Waals surface area contributed by atoms with Crippen LogP contribution in [0, 0.1) is 0 Å². The van der Waals surface area contributed by atoms with Crippen LogP contribution in [0.5, 0.6) is 0 Å². The third-order valence-corrected chi connectivity index (χ3v) is 4.14. The van der Waals surface area contributed by atoms with Crippen molar-refractivity contribution in [2.45, 2.75) is 20.3 Å². The topological polar surface area (TPSA) is 66.9 Å². The number of esters is 1. The Morgan fingerprint density at radius 1 is 0.926 bits per heavy atom. The predicted octanol–water partition coefficient (Wildman–Crippen LogP) is 3.27. The highest BCUT2D eigenvalue weighted by atomic mass is 16.5. The molecule has 2 aromatic carbocycles. The van der Waals surface area contributed by atoms with E-state index in [0.29, 0.717) is 17.9 Å². The molecule has 0 saturated carbocycles. The van der Waals surface area contributed by atoms with Crippen molar-refractivity contribution in [3.8, 4) is 0 Å². The van der Waals surface area contributed by atoms with E-state index in [2.05, 4.69) is 0 Å². The minimum Gasteiger partial charge on any atom is -0.462 e. The zero-order valence-electron chi connectivity index (χ0n) is 15.8. The summed E-state index contributed by atoms with van der Waals surface area (Å²) >= 11 is 0. The zero-order valence-corrected chi connectivity index (χ0v) is 15.8. The highest BCUT2D eigenvalue weighted by Crippen LogP contribution is 2.18. The van der Waals surface area contributed by atoms with Crippen molar-refractivity contribution in [3.63, 3.8) is 0 Å². The average molecular weight is 368 g/mol. The Balaban J connectivity index is 2.04. The summed E-state index contributed by atoms with van der Waals surface area (Å²) in [6, 6.07) is 15.9. The van der Waals surface area contributed by atoms with Gasteiger partial charge in [-0.25, -0.2) is 4.79 Å². The molecule has 0 aliphatic rings. The lowest BCUT2D eigenvalue weighted by molar-refractivity contribution is -0.118. The average Bonchev–Trinajstić information content (AvgIpc) is 2.68. The fourth-order valence-electron chi connectivity index (χ4n) is 2.63. The molecule has 0 aromatic heterocycles. The van der Waals surface area contributed by atoms with Crippen LogP contribution in [0.1, 0.15) is 30.6 Å². The highest BCUT2D eigenvalue weighted by Gasteiger charge is 2.17. The molecule has 2 aromatic rings. The molecule has 0 atom stereocenters. The minimum absolute atomic E-state index is 0.0874. The standard InChI is InChI=1S/C21H24N2O4/c1-4-27-21(26)17-10-12-19(13-11-17)23(16(2)24)15-14-20(25)22(3)18-8-6-5-7-9-18/h5-13H,4,14-15H2,1-3H3. The van der Waals surface area contributed by atoms with Crippen LogP contribution in [0.15, 0.2) is 54.6 Å². The number of para-hydroxylation sites is 1. The maximum atomic E-state index is 12.4. The third-order valence-electron chi connectivity index (χ3n) is 4.14. The number of ether oxygens (including phenoxy) is 1. The molecule has 142 valence electrons. The highest BCUT2D eigenvalue weighted by molar-refractivity contribution is 5.96. The maximum Gasteiger partial charge on any atom is 0.338 e. The lowest BCUT2D eigenvalue weighted by atomic mass is 10.2. The Hall–Kier alpha value is -3.15. The summed E-state index contributed by atoms with van der Waals surface area (Å²) in [5.41, 5.74) is 1.85. The van der Waals surface area contributed by atoms with Gasteiger partial charge in [0.2, 0.25) is 11.8 Å². The summed E-state index contributed by atoms with van der Waals surface area (Å²) in [4.78, 5) is 39.3. The van der Waals surface area contributed by atoms with Crippen LogP contribution in [0.2, 0.25) is 0 Å². The first-order valence-corrected chi connectivity index (χ1v) is 8.81.